The minimum absolute atomic E-state index is 0.289. The van der Waals surface area contributed by atoms with Gasteiger partial charge in [0, 0.05) is 5.92 Å². The average Bonchev–Trinajstić information content (AvgIpc) is 2.45. The topological polar surface area (TPSA) is 17.1 Å². The molecule has 0 bridgehead atoms. The number of aryl methyl sites for hydroxylation is 1. The van der Waals surface area contributed by atoms with Gasteiger partial charge >= 0.3 is 0 Å². The Morgan fingerprint density at radius 3 is 2.37 bits per heavy atom. The summed E-state index contributed by atoms with van der Waals surface area (Å²) in [6.45, 7) is 2.11. The molecule has 1 unspecified atom stereocenters. The Labute approximate surface area is 113 Å². The Morgan fingerprint density at radius 1 is 1.11 bits per heavy atom. The normalized spacial score (nSPS) is 12.1. The first-order valence-electron chi connectivity index (χ1n) is 6.51. The molecule has 0 aliphatic carbocycles. The minimum atomic E-state index is -0.300. The van der Waals surface area contributed by atoms with E-state index in [0.717, 1.165) is 23.8 Å². The smallest absolute Gasteiger partial charge is 0.127 e. The van der Waals surface area contributed by atoms with Crippen molar-refractivity contribution in [3.63, 3.8) is 0 Å². The van der Waals surface area contributed by atoms with Gasteiger partial charge in [0.05, 0.1) is 0 Å². The fourth-order valence-electron chi connectivity index (χ4n) is 2.15. The third kappa shape index (κ3) is 3.50. The zero-order chi connectivity index (χ0) is 13.7. The fourth-order valence-corrected chi connectivity index (χ4v) is 2.15. The number of carbonyl (C=O) groups excluding carboxylic acids is 1. The lowest BCUT2D eigenvalue weighted by Gasteiger charge is -2.11. The lowest BCUT2D eigenvalue weighted by Crippen LogP contribution is -2.05. The SMILES string of the molecule is CCc1ccc(CC(C=O)c2cccc(F)c2)cc1. The van der Waals surface area contributed by atoms with Gasteiger partial charge in [0.25, 0.3) is 0 Å². The summed E-state index contributed by atoms with van der Waals surface area (Å²) in [5, 5.41) is 0. The number of benzene rings is 2. The highest BCUT2D eigenvalue weighted by atomic mass is 19.1. The second-order valence-electron chi connectivity index (χ2n) is 4.67. The molecule has 0 radical (unpaired) electrons. The van der Waals surface area contributed by atoms with Crippen molar-refractivity contribution in [3.8, 4) is 0 Å². The van der Waals surface area contributed by atoms with Crippen molar-refractivity contribution in [2.75, 3.05) is 0 Å². The molecule has 0 aliphatic rings. The van der Waals surface area contributed by atoms with Crippen LogP contribution in [0.2, 0.25) is 0 Å². The molecule has 2 heteroatoms. The van der Waals surface area contributed by atoms with Gasteiger partial charge in [-0.15, -0.1) is 0 Å². The summed E-state index contributed by atoms with van der Waals surface area (Å²) in [6, 6.07) is 14.5. The summed E-state index contributed by atoms with van der Waals surface area (Å²) < 4.78 is 13.2. The lowest BCUT2D eigenvalue weighted by molar-refractivity contribution is -0.109. The van der Waals surface area contributed by atoms with Crippen molar-refractivity contribution >= 4 is 6.29 Å². The van der Waals surface area contributed by atoms with Gasteiger partial charge in [-0.3, -0.25) is 0 Å². The standard InChI is InChI=1S/C17H17FO/c1-2-13-6-8-14(9-7-13)10-16(12-19)15-4-3-5-17(18)11-15/h3-9,11-12,16H,2,10H2,1H3. The molecule has 0 N–H and O–H groups in total. The van der Waals surface area contributed by atoms with E-state index in [4.69, 9.17) is 0 Å². The van der Waals surface area contributed by atoms with Crippen LogP contribution in [-0.2, 0) is 17.6 Å². The molecule has 98 valence electrons. The predicted molar refractivity (Wildman–Crippen MR) is 74.7 cm³/mol. The zero-order valence-electron chi connectivity index (χ0n) is 11.0. The molecule has 2 aromatic rings. The molecule has 0 aromatic heterocycles. The van der Waals surface area contributed by atoms with Gasteiger partial charge in [0.2, 0.25) is 0 Å². The highest BCUT2D eigenvalue weighted by Gasteiger charge is 2.12. The van der Waals surface area contributed by atoms with Crippen molar-refractivity contribution in [2.45, 2.75) is 25.7 Å². The first kappa shape index (κ1) is 13.5. The summed E-state index contributed by atoms with van der Waals surface area (Å²) in [7, 11) is 0. The van der Waals surface area contributed by atoms with Gasteiger partial charge in [-0.05, 0) is 41.7 Å². The number of carbonyl (C=O) groups is 1. The molecule has 1 nitrogen and oxygen atoms in total. The van der Waals surface area contributed by atoms with Gasteiger partial charge in [0.1, 0.15) is 12.1 Å². The quantitative estimate of drug-likeness (QED) is 0.741. The Kier molecular flexibility index (Phi) is 4.45. The maximum Gasteiger partial charge on any atom is 0.127 e. The van der Waals surface area contributed by atoms with E-state index in [1.165, 1.54) is 17.7 Å². The van der Waals surface area contributed by atoms with Crippen molar-refractivity contribution in [1.82, 2.24) is 0 Å². The van der Waals surface area contributed by atoms with Crippen molar-refractivity contribution in [1.29, 1.82) is 0 Å². The van der Waals surface area contributed by atoms with Crippen LogP contribution < -0.4 is 0 Å². The van der Waals surface area contributed by atoms with Gasteiger partial charge < -0.3 is 4.79 Å². The molecular formula is C17H17FO. The number of aldehydes is 1. The Hall–Kier alpha value is -1.96. The molecular weight excluding hydrogens is 239 g/mol. The third-order valence-electron chi connectivity index (χ3n) is 3.33. The highest BCUT2D eigenvalue weighted by Crippen LogP contribution is 2.20. The van der Waals surface area contributed by atoms with E-state index >= 15 is 0 Å². The molecule has 2 aromatic carbocycles. The van der Waals surface area contributed by atoms with E-state index in [2.05, 4.69) is 19.1 Å². The number of hydrogen-bond acceptors (Lipinski definition) is 1. The van der Waals surface area contributed by atoms with Crippen LogP contribution in [0.3, 0.4) is 0 Å². The van der Waals surface area contributed by atoms with E-state index in [0.29, 0.717) is 6.42 Å². The highest BCUT2D eigenvalue weighted by molar-refractivity contribution is 5.62. The van der Waals surface area contributed by atoms with E-state index in [9.17, 15) is 9.18 Å². The largest absolute Gasteiger partial charge is 0.303 e. The Morgan fingerprint density at radius 2 is 1.79 bits per heavy atom. The molecule has 0 heterocycles. The average molecular weight is 256 g/mol. The molecule has 0 saturated heterocycles. The minimum Gasteiger partial charge on any atom is -0.303 e. The van der Waals surface area contributed by atoms with Gasteiger partial charge in [-0.2, -0.15) is 0 Å². The van der Waals surface area contributed by atoms with Crippen LogP contribution in [-0.4, -0.2) is 6.29 Å². The summed E-state index contributed by atoms with van der Waals surface area (Å²) in [5.41, 5.74) is 3.10. The van der Waals surface area contributed by atoms with Crippen LogP contribution in [0.1, 0.15) is 29.5 Å². The predicted octanol–water partition coefficient (Wildman–Crippen LogP) is 3.91. The summed E-state index contributed by atoms with van der Waals surface area (Å²) >= 11 is 0. The number of rotatable bonds is 5. The zero-order valence-corrected chi connectivity index (χ0v) is 11.0. The maximum absolute atomic E-state index is 13.2. The first-order chi connectivity index (χ1) is 9.22. The summed E-state index contributed by atoms with van der Waals surface area (Å²) in [6.07, 6.45) is 2.50. The van der Waals surface area contributed by atoms with E-state index in [-0.39, 0.29) is 11.7 Å². The Bertz CT molecular complexity index is 545. The summed E-state index contributed by atoms with van der Waals surface area (Å²) in [4.78, 5) is 11.2. The van der Waals surface area contributed by atoms with Crippen LogP contribution in [0.5, 0.6) is 0 Å². The molecule has 2 rings (SSSR count). The fraction of sp³-hybridized carbons (Fsp3) is 0.235. The van der Waals surface area contributed by atoms with Crippen molar-refractivity contribution < 1.29 is 9.18 Å². The lowest BCUT2D eigenvalue weighted by atomic mass is 9.93. The maximum atomic E-state index is 13.2. The molecule has 0 amide bonds. The van der Waals surface area contributed by atoms with Crippen LogP contribution in [0.4, 0.5) is 4.39 Å². The molecule has 0 saturated carbocycles. The number of halogens is 1. The molecule has 0 fully saturated rings. The van der Waals surface area contributed by atoms with E-state index in [1.807, 2.05) is 12.1 Å². The second-order valence-corrected chi connectivity index (χ2v) is 4.67. The monoisotopic (exact) mass is 256 g/mol. The number of hydrogen-bond donors (Lipinski definition) is 0. The van der Waals surface area contributed by atoms with Gasteiger partial charge in [-0.25, -0.2) is 4.39 Å². The molecule has 19 heavy (non-hydrogen) atoms. The van der Waals surface area contributed by atoms with Gasteiger partial charge in [0.15, 0.2) is 0 Å². The van der Waals surface area contributed by atoms with Crippen LogP contribution in [0, 0.1) is 5.82 Å². The van der Waals surface area contributed by atoms with Crippen LogP contribution >= 0.6 is 0 Å². The second kappa shape index (κ2) is 6.28. The van der Waals surface area contributed by atoms with Crippen LogP contribution in [0.15, 0.2) is 48.5 Å². The van der Waals surface area contributed by atoms with Crippen molar-refractivity contribution in [3.05, 3.63) is 71.0 Å². The van der Waals surface area contributed by atoms with E-state index < -0.39 is 0 Å². The molecule has 0 spiro atoms. The first-order valence-corrected chi connectivity index (χ1v) is 6.51. The molecule has 0 aliphatic heterocycles. The van der Waals surface area contributed by atoms with Crippen molar-refractivity contribution in [2.24, 2.45) is 0 Å². The molecule has 1 atom stereocenters. The Balaban J connectivity index is 2.16. The van der Waals surface area contributed by atoms with Gasteiger partial charge in [-0.1, -0.05) is 43.3 Å². The van der Waals surface area contributed by atoms with E-state index in [1.54, 1.807) is 12.1 Å². The third-order valence-corrected chi connectivity index (χ3v) is 3.33. The summed E-state index contributed by atoms with van der Waals surface area (Å²) in [5.74, 6) is -0.589. The van der Waals surface area contributed by atoms with Crippen LogP contribution in [0.25, 0.3) is 0 Å².